The molecule has 0 aromatic rings. The van der Waals surface area contributed by atoms with Crippen LogP contribution in [-0.4, -0.2) is 65.7 Å². The van der Waals surface area contributed by atoms with Gasteiger partial charge in [-0.05, 0) is 39.5 Å². The number of amides is 2. The van der Waals surface area contributed by atoms with Crippen LogP contribution in [0.5, 0.6) is 0 Å². The van der Waals surface area contributed by atoms with Crippen LogP contribution in [0.4, 0.5) is 4.79 Å². The summed E-state index contributed by atoms with van der Waals surface area (Å²) in [6.07, 6.45) is 1.89. The Balaban J connectivity index is 2.54. The Morgan fingerprint density at radius 1 is 1.26 bits per heavy atom. The van der Waals surface area contributed by atoms with E-state index in [0.717, 1.165) is 25.1 Å². The van der Waals surface area contributed by atoms with Crippen LogP contribution < -0.4 is 5.32 Å². The van der Waals surface area contributed by atoms with Crippen LogP contribution in [0.2, 0.25) is 0 Å². The highest BCUT2D eigenvalue weighted by molar-refractivity contribution is 7.99. The molecule has 1 heterocycles. The molecule has 0 aliphatic carbocycles. The normalized spacial score (nSPS) is 18.3. The van der Waals surface area contributed by atoms with Gasteiger partial charge in [-0.2, -0.15) is 11.8 Å². The van der Waals surface area contributed by atoms with Crippen molar-refractivity contribution < 1.29 is 23.9 Å². The summed E-state index contributed by atoms with van der Waals surface area (Å²) in [5.41, 5.74) is -0.640. The number of hydrogen-bond acceptors (Lipinski definition) is 6. The molecule has 0 saturated carbocycles. The Kier molecular flexibility index (Phi) is 9.42. The van der Waals surface area contributed by atoms with E-state index >= 15 is 0 Å². The van der Waals surface area contributed by atoms with Crippen molar-refractivity contribution in [1.82, 2.24) is 10.2 Å². The van der Waals surface area contributed by atoms with Crippen molar-refractivity contribution >= 4 is 29.7 Å². The Bertz CT molecular complexity index is 519. The zero-order chi connectivity index (χ0) is 20.6. The highest BCUT2D eigenvalue weighted by Gasteiger charge is 2.30. The summed E-state index contributed by atoms with van der Waals surface area (Å²) >= 11 is 1.54. The van der Waals surface area contributed by atoms with Crippen molar-refractivity contribution in [3.8, 4) is 0 Å². The van der Waals surface area contributed by atoms with Gasteiger partial charge < -0.3 is 19.7 Å². The second kappa shape index (κ2) is 10.8. The number of likely N-dealkylation sites (tertiary alicyclic amines) is 1. The molecule has 0 aromatic heterocycles. The quantitative estimate of drug-likeness (QED) is 0.629. The third kappa shape index (κ3) is 8.86. The number of alkyl carbamates (subject to hydrolysis) is 1. The van der Waals surface area contributed by atoms with Crippen LogP contribution in [0, 0.1) is 5.92 Å². The van der Waals surface area contributed by atoms with Crippen molar-refractivity contribution in [2.45, 2.75) is 71.6 Å². The predicted octanol–water partition coefficient (Wildman–Crippen LogP) is 2.82. The SMILES string of the molecule is COC(=O)[C@H](CSC[C@@H]1CCCN1C(=O)CC(C)C)NC(=O)OC(C)(C)C. The van der Waals surface area contributed by atoms with Gasteiger partial charge in [0.15, 0.2) is 0 Å². The van der Waals surface area contributed by atoms with Crippen molar-refractivity contribution in [3.63, 3.8) is 0 Å². The molecule has 1 saturated heterocycles. The Hall–Kier alpha value is -1.44. The van der Waals surface area contributed by atoms with Crippen LogP contribution in [0.3, 0.4) is 0 Å². The number of hydrogen-bond donors (Lipinski definition) is 1. The minimum Gasteiger partial charge on any atom is -0.467 e. The van der Waals surface area contributed by atoms with Gasteiger partial charge in [0.1, 0.15) is 11.6 Å². The van der Waals surface area contributed by atoms with Gasteiger partial charge in [-0.3, -0.25) is 4.79 Å². The molecule has 7 nitrogen and oxygen atoms in total. The molecule has 0 radical (unpaired) electrons. The molecule has 1 rings (SSSR count). The van der Waals surface area contributed by atoms with E-state index < -0.39 is 23.7 Å². The molecule has 27 heavy (non-hydrogen) atoms. The van der Waals surface area contributed by atoms with Crippen LogP contribution in [0.25, 0.3) is 0 Å². The molecule has 1 aliphatic heterocycles. The summed E-state index contributed by atoms with van der Waals surface area (Å²) in [7, 11) is 1.29. The fourth-order valence-electron chi connectivity index (χ4n) is 2.89. The number of ether oxygens (including phenoxy) is 2. The van der Waals surface area contributed by atoms with Crippen LogP contribution >= 0.6 is 11.8 Å². The lowest BCUT2D eigenvalue weighted by molar-refractivity contribution is -0.142. The summed E-state index contributed by atoms with van der Waals surface area (Å²) in [5.74, 6) is 1.13. The number of methoxy groups -OCH3 is 1. The third-order valence-corrected chi connectivity index (χ3v) is 5.24. The lowest BCUT2D eigenvalue weighted by Crippen LogP contribution is -2.46. The number of nitrogens with zero attached hydrogens (tertiary/aromatic N) is 1. The second-order valence-electron chi connectivity index (χ2n) is 8.24. The van der Waals surface area contributed by atoms with Gasteiger partial charge in [0.2, 0.25) is 5.91 Å². The van der Waals surface area contributed by atoms with Gasteiger partial charge >= 0.3 is 12.1 Å². The fourth-order valence-corrected chi connectivity index (χ4v) is 4.10. The molecule has 2 atom stereocenters. The first-order chi connectivity index (χ1) is 12.5. The van der Waals surface area contributed by atoms with E-state index in [1.807, 2.05) is 18.7 Å². The number of thioether (sulfide) groups is 1. The average Bonchev–Trinajstić information content (AvgIpc) is 2.99. The molecule has 1 aliphatic rings. The van der Waals surface area contributed by atoms with Crippen molar-refractivity contribution in [3.05, 3.63) is 0 Å². The number of carbonyl (C=O) groups excluding carboxylic acids is 3. The van der Waals surface area contributed by atoms with E-state index in [2.05, 4.69) is 5.32 Å². The minimum atomic E-state index is -0.781. The second-order valence-corrected chi connectivity index (χ2v) is 9.32. The Labute approximate surface area is 166 Å². The molecule has 156 valence electrons. The monoisotopic (exact) mass is 402 g/mol. The molecule has 1 N–H and O–H groups in total. The Morgan fingerprint density at radius 3 is 2.48 bits per heavy atom. The van der Waals surface area contributed by atoms with E-state index in [-0.39, 0.29) is 11.9 Å². The van der Waals surface area contributed by atoms with Gasteiger partial charge in [0, 0.05) is 30.5 Å². The molecule has 0 aromatic carbocycles. The lowest BCUT2D eigenvalue weighted by Gasteiger charge is -2.26. The van der Waals surface area contributed by atoms with Gasteiger partial charge in [0.05, 0.1) is 7.11 Å². The first kappa shape index (κ1) is 23.6. The lowest BCUT2D eigenvalue weighted by atomic mass is 10.1. The number of esters is 1. The maximum atomic E-state index is 12.4. The van der Waals surface area contributed by atoms with Crippen LogP contribution in [-0.2, 0) is 19.1 Å². The van der Waals surface area contributed by atoms with Crippen LogP contribution in [0.15, 0.2) is 0 Å². The first-order valence-electron chi connectivity index (χ1n) is 9.48. The van der Waals surface area contributed by atoms with Crippen LogP contribution in [0.1, 0.15) is 53.9 Å². The van der Waals surface area contributed by atoms with E-state index in [1.54, 1.807) is 20.8 Å². The average molecular weight is 403 g/mol. The zero-order valence-electron chi connectivity index (χ0n) is 17.4. The van der Waals surface area contributed by atoms with E-state index in [0.29, 0.717) is 18.1 Å². The summed E-state index contributed by atoms with van der Waals surface area (Å²) in [4.78, 5) is 38.2. The van der Waals surface area contributed by atoms with Crippen molar-refractivity contribution in [2.75, 3.05) is 25.2 Å². The Morgan fingerprint density at radius 2 is 1.93 bits per heavy atom. The third-order valence-electron chi connectivity index (χ3n) is 4.05. The maximum absolute atomic E-state index is 12.4. The first-order valence-corrected chi connectivity index (χ1v) is 10.6. The van der Waals surface area contributed by atoms with Gasteiger partial charge in [-0.25, -0.2) is 9.59 Å². The largest absolute Gasteiger partial charge is 0.467 e. The number of rotatable bonds is 8. The zero-order valence-corrected chi connectivity index (χ0v) is 18.2. The van der Waals surface area contributed by atoms with Crippen molar-refractivity contribution in [1.29, 1.82) is 0 Å². The van der Waals surface area contributed by atoms with E-state index in [4.69, 9.17) is 9.47 Å². The molecule has 8 heteroatoms. The number of carbonyl (C=O) groups is 3. The molecular weight excluding hydrogens is 368 g/mol. The smallest absolute Gasteiger partial charge is 0.408 e. The molecule has 2 amide bonds. The van der Waals surface area contributed by atoms with Gasteiger partial charge in [0.25, 0.3) is 0 Å². The molecule has 0 spiro atoms. The standard InChI is InChI=1S/C19H34N2O5S/c1-13(2)10-16(22)21-9-7-8-14(21)11-27-12-15(17(23)25-6)20-18(24)26-19(3,4)5/h13-15H,7-12H2,1-6H3,(H,20,24)/t14-,15-/m0/s1. The van der Waals surface area contributed by atoms with E-state index in [1.165, 1.54) is 18.9 Å². The summed E-state index contributed by atoms with van der Waals surface area (Å²) in [6, 6.07) is -0.600. The minimum absolute atomic E-state index is 0.182. The molecule has 0 bridgehead atoms. The fraction of sp³-hybridized carbons (Fsp3) is 0.842. The van der Waals surface area contributed by atoms with Gasteiger partial charge in [-0.15, -0.1) is 0 Å². The predicted molar refractivity (Wildman–Crippen MR) is 107 cm³/mol. The maximum Gasteiger partial charge on any atom is 0.408 e. The van der Waals surface area contributed by atoms with Crippen molar-refractivity contribution in [2.24, 2.45) is 5.92 Å². The molecular formula is C19H34N2O5S. The molecule has 1 fully saturated rings. The number of nitrogens with one attached hydrogen (secondary N) is 1. The molecule has 0 unspecified atom stereocenters. The highest BCUT2D eigenvalue weighted by atomic mass is 32.2. The highest BCUT2D eigenvalue weighted by Crippen LogP contribution is 2.23. The summed E-state index contributed by atoms with van der Waals surface area (Å²) < 4.78 is 9.99. The van der Waals surface area contributed by atoms with E-state index in [9.17, 15) is 14.4 Å². The van der Waals surface area contributed by atoms with Gasteiger partial charge in [-0.1, -0.05) is 13.8 Å². The summed E-state index contributed by atoms with van der Waals surface area (Å²) in [5, 5.41) is 2.57. The summed E-state index contributed by atoms with van der Waals surface area (Å²) in [6.45, 7) is 10.2. The topological polar surface area (TPSA) is 84.9 Å².